The van der Waals surface area contributed by atoms with Gasteiger partial charge in [-0.25, -0.2) is 4.68 Å². The van der Waals surface area contributed by atoms with Crippen LogP contribution in [0.25, 0.3) is 10.9 Å². The largest absolute Gasteiger partial charge is 0.494 e. The number of aromatic nitrogens is 5. The summed E-state index contributed by atoms with van der Waals surface area (Å²) in [7, 11) is 0. The molecule has 0 bridgehead atoms. The minimum atomic E-state index is -0.500. The monoisotopic (exact) mass is 532 g/mol. The molecule has 10 heteroatoms. The molecule has 2 atom stereocenters. The Morgan fingerprint density at radius 3 is 2.82 bits per heavy atom. The Labute approximate surface area is 227 Å². The predicted octanol–water partition coefficient (Wildman–Crippen LogP) is 4.78. The van der Waals surface area contributed by atoms with Crippen LogP contribution in [-0.4, -0.2) is 56.0 Å². The van der Waals surface area contributed by atoms with Crippen LogP contribution >= 0.6 is 0 Å². The van der Waals surface area contributed by atoms with E-state index in [0.717, 1.165) is 67.5 Å². The zero-order valence-electron chi connectivity index (χ0n) is 22.4. The SMILES string of the molecule is CCOc1ccc2[nH]c(=O)c(C(c3nnnn3C3CCCCC3)N(Cc3ccco3)CC3CCCO3)cc2c1. The number of furan rings is 1. The summed E-state index contributed by atoms with van der Waals surface area (Å²) in [6, 6.07) is 11.3. The second-order valence-corrected chi connectivity index (χ2v) is 10.6. The first kappa shape index (κ1) is 25.8. The Morgan fingerprint density at radius 2 is 2.05 bits per heavy atom. The van der Waals surface area contributed by atoms with Gasteiger partial charge in [-0.2, -0.15) is 0 Å². The van der Waals surface area contributed by atoms with Crippen molar-refractivity contribution >= 4 is 10.9 Å². The van der Waals surface area contributed by atoms with Gasteiger partial charge < -0.3 is 18.9 Å². The molecule has 4 aromatic rings. The molecule has 2 unspecified atom stereocenters. The van der Waals surface area contributed by atoms with E-state index in [0.29, 0.717) is 31.1 Å². The van der Waals surface area contributed by atoms with Crippen LogP contribution in [0.3, 0.4) is 0 Å². The summed E-state index contributed by atoms with van der Waals surface area (Å²) in [6.45, 7) is 4.39. The number of H-pyrrole nitrogens is 1. The Balaban J connectivity index is 1.49. The van der Waals surface area contributed by atoms with Gasteiger partial charge in [0.1, 0.15) is 17.6 Å². The maximum atomic E-state index is 13.8. The fourth-order valence-electron chi connectivity index (χ4n) is 6.04. The summed E-state index contributed by atoms with van der Waals surface area (Å²) in [5.41, 5.74) is 1.19. The van der Waals surface area contributed by atoms with Crippen molar-refractivity contribution in [2.24, 2.45) is 0 Å². The van der Waals surface area contributed by atoms with Gasteiger partial charge in [0.15, 0.2) is 5.82 Å². The lowest BCUT2D eigenvalue weighted by molar-refractivity contribution is 0.0539. The lowest BCUT2D eigenvalue weighted by atomic mass is 9.95. The van der Waals surface area contributed by atoms with Gasteiger partial charge in [0.2, 0.25) is 0 Å². The normalized spacial score (nSPS) is 19.2. The number of aromatic amines is 1. The van der Waals surface area contributed by atoms with Crippen LogP contribution in [0, 0.1) is 0 Å². The van der Waals surface area contributed by atoms with E-state index in [-0.39, 0.29) is 17.7 Å². The molecule has 1 saturated carbocycles. The number of fused-ring (bicyclic) bond motifs is 1. The number of pyridine rings is 1. The van der Waals surface area contributed by atoms with Crippen LogP contribution in [0.15, 0.2) is 51.9 Å². The molecule has 4 heterocycles. The van der Waals surface area contributed by atoms with Gasteiger partial charge in [-0.05, 0) is 79.4 Å². The van der Waals surface area contributed by atoms with Crippen molar-refractivity contribution in [1.29, 1.82) is 0 Å². The first-order valence-corrected chi connectivity index (χ1v) is 14.1. The van der Waals surface area contributed by atoms with Crippen molar-refractivity contribution in [2.75, 3.05) is 19.8 Å². The van der Waals surface area contributed by atoms with Gasteiger partial charge in [-0.15, -0.1) is 5.10 Å². The summed E-state index contributed by atoms with van der Waals surface area (Å²) in [5.74, 6) is 2.25. The third kappa shape index (κ3) is 5.62. The molecule has 3 aromatic heterocycles. The van der Waals surface area contributed by atoms with Crippen LogP contribution in [0.1, 0.15) is 81.1 Å². The number of nitrogens with one attached hydrogen (secondary N) is 1. The average molecular weight is 533 g/mol. The summed E-state index contributed by atoms with van der Waals surface area (Å²) in [4.78, 5) is 19.1. The van der Waals surface area contributed by atoms with Crippen molar-refractivity contribution in [3.05, 3.63) is 70.2 Å². The number of tetrazole rings is 1. The first-order chi connectivity index (χ1) is 19.2. The van der Waals surface area contributed by atoms with E-state index in [4.69, 9.17) is 13.9 Å². The number of hydrogen-bond acceptors (Lipinski definition) is 8. The highest BCUT2D eigenvalue weighted by Crippen LogP contribution is 2.35. The molecule has 39 heavy (non-hydrogen) atoms. The number of nitrogens with zero attached hydrogens (tertiary/aromatic N) is 5. The highest BCUT2D eigenvalue weighted by molar-refractivity contribution is 5.80. The Hall–Kier alpha value is -3.50. The fourth-order valence-corrected chi connectivity index (χ4v) is 6.04. The average Bonchev–Trinajstić information content (AvgIpc) is 3.74. The summed E-state index contributed by atoms with van der Waals surface area (Å²) in [5, 5.41) is 14.1. The molecule has 206 valence electrons. The van der Waals surface area contributed by atoms with Gasteiger partial charge >= 0.3 is 0 Å². The third-order valence-corrected chi connectivity index (χ3v) is 7.90. The highest BCUT2D eigenvalue weighted by atomic mass is 16.5. The molecule has 1 N–H and O–H groups in total. The minimum absolute atomic E-state index is 0.0607. The van der Waals surface area contributed by atoms with E-state index in [2.05, 4.69) is 25.4 Å². The zero-order valence-corrected chi connectivity index (χ0v) is 22.4. The smallest absolute Gasteiger partial charge is 0.253 e. The fraction of sp³-hybridized carbons (Fsp3) is 0.517. The molecule has 2 fully saturated rings. The van der Waals surface area contributed by atoms with Gasteiger partial charge in [0, 0.05) is 29.6 Å². The third-order valence-electron chi connectivity index (χ3n) is 7.90. The number of hydrogen-bond donors (Lipinski definition) is 1. The Bertz CT molecular complexity index is 1420. The summed E-state index contributed by atoms with van der Waals surface area (Å²) < 4.78 is 19.6. The van der Waals surface area contributed by atoms with E-state index >= 15 is 0 Å². The molecule has 0 spiro atoms. The second-order valence-electron chi connectivity index (χ2n) is 10.6. The minimum Gasteiger partial charge on any atom is -0.494 e. The summed E-state index contributed by atoms with van der Waals surface area (Å²) in [6.07, 6.45) is 9.33. The quantitative estimate of drug-likeness (QED) is 0.311. The van der Waals surface area contributed by atoms with Crippen molar-refractivity contribution in [3.63, 3.8) is 0 Å². The van der Waals surface area contributed by atoms with Gasteiger partial charge in [-0.1, -0.05) is 19.3 Å². The van der Waals surface area contributed by atoms with Crippen molar-refractivity contribution in [2.45, 2.75) is 76.6 Å². The number of rotatable bonds is 10. The molecule has 0 radical (unpaired) electrons. The lowest BCUT2D eigenvalue weighted by Crippen LogP contribution is -2.39. The predicted molar refractivity (Wildman–Crippen MR) is 146 cm³/mol. The standard InChI is InChI=1S/C29H36N6O4/c1-2-37-22-12-13-26-20(16-22)17-25(29(36)30-26)27(28-31-32-33-35(28)21-8-4-3-5-9-21)34(18-23-10-6-14-38-23)19-24-11-7-15-39-24/h6,10,12-14,16-17,21,24,27H,2-5,7-9,11,15,18-19H2,1H3,(H,30,36). The molecule has 1 aliphatic heterocycles. The van der Waals surface area contributed by atoms with Crippen LogP contribution < -0.4 is 10.3 Å². The summed E-state index contributed by atoms with van der Waals surface area (Å²) >= 11 is 0. The molecule has 6 rings (SSSR count). The van der Waals surface area contributed by atoms with E-state index in [1.807, 2.05) is 48.0 Å². The molecule has 10 nitrogen and oxygen atoms in total. The molecular weight excluding hydrogens is 496 g/mol. The van der Waals surface area contributed by atoms with Crippen LogP contribution in [0.2, 0.25) is 0 Å². The molecule has 1 aliphatic carbocycles. The molecule has 1 saturated heterocycles. The van der Waals surface area contributed by atoms with Crippen LogP contribution in [0.5, 0.6) is 5.75 Å². The van der Waals surface area contributed by atoms with Gasteiger partial charge in [0.25, 0.3) is 5.56 Å². The number of benzene rings is 1. The van der Waals surface area contributed by atoms with Gasteiger partial charge in [-0.3, -0.25) is 9.69 Å². The maximum absolute atomic E-state index is 13.8. The van der Waals surface area contributed by atoms with Crippen LogP contribution in [0.4, 0.5) is 0 Å². The van der Waals surface area contributed by atoms with E-state index < -0.39 is 6.04 Å². The number of ether oxygens (including phenoxy) is 2. The van der Waals surface area contributed by atoms with E-state index in [1.165, 1.54) is 6.42 Å². The van der Waals surface area contributed by atoms with Crippen LogP contribution in [-0.2, 0) is 11.3 Å². The molecular formula is C29H36N6O4. The molecule has 1 aromatic carbocycles. The van der Waals surface area contributed by atoms with Crippen molar-refractivity contribution in [1.82, 2.24) is 30.1 Å². The zero-order chi connectivity index (χ0) is 26.6. The highest BCUT2D eigenvalue weighted by Gasteiger charge is 2.35. The molecule has 2 aliphatic rings. The molecule has 0 amide bonds. The van der Waals surface area contributed by atoms with E-state index in [9.17, 15) is 4.79 Å². The Kier molecular flexibility index (Phi) is 7.74. The van der Waals surface area contributed by atoms with Crippen molar-refractivity contribution in [3.8, 4) is 5.75 Å². The topological polar surface area (TPSA) is 111 Å². The maximum Gasteiger partial charge on any atom is 0.253 e. The van der Waals surface area contributed by atoms with Crippen molar-refractivity contribution < 1.29 is 13.9 Å². The Morgan fingerprint density at radius 1 is 1.15 bits per heavy atom. The first-order valence-electron chi connectivity index (χ1n) is 14.1. The lowest BCUT2D eigenvalue weighted by Gasteiger charge is -2.33. The second kappa shape index (κ2) is 11.7. The van der Waals surface area contributed by atoms with Gasteiger partial charge in [0.05, 0.1) is 31.6 Å². The van der Waals surface area contributed by atoms with E-state index in [1.54, 1.807) is 6.26 Å².